The van der Waals surface area contributed by atoms with Crippen LogP contribution in [0.25, 0.3) is 0 Å². The van der Waals surface area contributed by atoms with Gasteiger partial charge in [0.05, 0.1) is 0 Å². The van der Waals surface area contributed by atoms with Gasteiger partial charge in [0.15, 0.2) is 0 Å². The van der Waals surface area contributed by atoms with E-state index in [1.165, 1.54) is 89.9 Å². The molecule has 134 valence electrons. The molecule has 0 aliphatic heterocycles. The first-order chi connectivity index (χ1) is 10.7. The second-order valence-corrected chi connectivity index (χ2v) is 9.30. The zero-order valence-corrected chi connectivity index (χ0v) is 17.8. The van der Waals surface area contributed by atoms with E-state index in [0.29, 0.717) is 5.25 Å². The van der Waals surface area contributed by atoms with Gasteiger partial charge in [0.25, 0.3) is 0 Å². The van der Waals surface area contributed by atoms with E-state index in [2.05, 4.69) is 37.9 Å². The Kier molecular flexibility index (Phi) is 19.9. The zero-order chi connectivity index (χ0) is 16.5. The molecule has 0 nitrogen and oxygen atoms in total. The lowest BCUT2D eigenvalue weighted by Gasteiger charge is -2.10. The van der Waals surface area contributed by atoms with E-state index >= 15 is 0 Å². The molecule has 0 aromatic rings. The van der Waals surface area contributed by atoms with E-state index in [-0.39, 0.29) is 4.58 Å². The molecule has 0 aromatic carbocycles. The highest BCUT2D eigenvalue weighted by Gasteiger charge is 2.03. The van der Waals surface area contributed by atoms with Crippen LogP contribution in [0.5, 0.6) is 0 Å². The van der Waals surface area contributed by atoms with E-state index < -0.39 is 0 Å². The molecule has 4 heteroatoms. The second-order valence-electron chi connectivity index (χ2n) is 6.47. The SMILES string of the molecule is SCCCCCCCCC(S)CCCCCCCCC(S)S. The Labute approximate surface area is 162 Å². The normalized spacial score (nSPS) is 13.0. The molecule has 0 aliphatic carbocycles. The molecular weight excluding hydrogens is 344 g/mol. The highest BCUT2D eigenvalue weighted by atomic mass is 32.2. The lowest BCUT2D eigenvalue weighted by Crippen LogP contribution is -1.98. The monoisotopic (exact) mass is 382 g/mol. The minimum atomic E-state index is 0.271. The third kappa shape index (κ3) is 19.4. The van der Waals surface area contributed by atoms with Gasteiger partial charge in [-0.25, -0.2) is 0 Å². The van der Waals surface area contributed by atoms with Gasteiger partial charge in [0, 0.05) is 9.83 Å². The number of hydrogen-bond donors (Lipinski definition) is 4. The highest BCUT2D eigenvalue weighted by molar-refractivity contribution is 7.99. The Morgan fingerprint density at radius 2 is 0.818 bits per heavy atom. The Morgan fingerprint density at radius 1 is 0.455 bits per heavy atom. The van der Waals surface area contributed by atoms with E-state index in [1.807, 2.05) is 0 Å². The van der Waals surface area contributed by atoms with Crippen molar-refractivity contribution in [2.75, 3.05) is 5.75 Å². The number of unbranched alkanes of at least 4 members (excludes halogenated alkanes) is 10. The zero-order valence-electron chi connectivity index (χ0n) is 14.3. The molecule has 1 unspecified atom stereocenters. The van der Waals surface area contributed by atoms with Gasteiger partial charge in [0.2, 0.25) is 0 Å². The lowest BCUT2D eigenvalue weighted by molar-refractivity contribution is 0.540. The van der Waals surface area contributed by atoms with Crippen molar-refractivity contribution in [1.82, 2.24) is 0 Å². The van der Waals surface area contributed by atoms with Gasteiger partial charge in [0.1, 0.15) is 0 Å². The van der Waals surface area contributed by atoms with Gasteiger partial charge in [-0.05, 0) is 31.4 Å². The summed E-state index contributed by atoms with van der Waals surface area (Å²) in [5, 5.41) is 0.631. The summed E-state index contributed by atoms with van der Waals surface area (Å²) < 4.78 is 0.271. The molecule has 0 spiro atoms. The van der Waals surface area contributed by atoms with Gasteiger partial charge in [-0.1, -0.05) is 70.6 Å². The van der Waals surface area contributed by atoms with Gasteiger partial charge < -0.3 is 0 Å². The quantitative estimate of drug-likeness (QED) is 0.114. The molecule has 0 aromatic heterocycles. The van der Waals surface area contributed by atoms with E-state index in [9.17, 15) is 0 Å². The predicted octanol–water partition coefficient (Wildman–Crippen LogP) is 7.25. The molecule has 0 heterocycles. The molecule has 0 amide bonds. The summed E-state index contributed by atoms with van der Waals surface area (Å²) in [5.41, 5.74) is 0. The lowest BCUT2D eigenvalue weighted by atomic mass is 10.0. The molecule has 0 saturated carbocycles. The number of hydrogen-bond acceptors (Lipinski definition) is 4. The Balaban J connectivity index is 3.14. The Morgan fingerprint density at radius 3 is 1.23 bits per heavy atom. The fourth-order valence-electron chi connectivity index (χ4n) is 2.76. The van der Waals surface area contributed by atoms with Crippen LogP contribution in [0.3, 0.4) is 0 Å². The van der Waals surface area contributed by atoms with Crippen LogP contribution in [-0.4, -0.2) is 15.6 Å². The Bertz CT molecular complexity index is 209. The first-order valence-corrected chi connectivity index (χ1v) is 11.5. The Hall–Kier alpha value is 1.40. The summed E-state index contributed by atoms with van der Waals surface area (Å²) in [6, 6.07) is 0. The van der Waals surface area contributed by atoms with Crippen molar-refractivity contribution >= 4 is 50.5 Å². The first kappa shape index (κ1) is 23.4. The summed E-state index contributed by atoms with van der Waals surface area (Å²) in [6.07, 6.45) is 20.0. The standard InChI is InChI=1S/C18H38S4/c19-16-12-8-4-3-6-10-14-17(20)13-9-5-1-2-7-11-15-18(21)22/h17-22H,1-16H2. The number of rotatable bonds is 17. The third-order valence-electron chi connectivity index (χ3n) is 4.20. The maximum atomic E-state index is 4.74. The van der Waals surface area contributed by atoms with Crippen LogP contribution < -0.4 is 0 Å². The average Bonchev–Trinajstić information content (AvgIpc) is 2.48. The van der Waals surface area contributed by atoms with Gasteiger partial charge in [-0.2, -0.15) is 50.5 Å². The molecule has 0 fully saturated rings. The van der Waals surface area contributed by atoms with E-state index in [0.717, 1.165) is 12.2 Å². The van der Waals surface area contributed by atoms with Crippen LogP contribution >= 0.6 is 50.5 Å². The van der Waals surface area contributed by atoms with Crippen molar-refractivity contribution in [3.63, 3.8) is 0 Å². The van der Waals surface area contributed by atoms with Crippen molar-refractivity contribution in [1.29, 1.82) is 0 Å². The van der Waals surface area contributed by atoms with E-state index in [1.54, 1.807) is 0 Å². The fourth-order valence-corrected chi connectivity index (χ4v) is 3.71. The van der Waals surface area contributed by atoms with Crippen LogP contribution in [0.4, 0.5) is 0 Å². The van der Waals surface area contributed by atoms with Crippen LogP contribution in [0, 0.1) is 0 Å². The molecule has 0 aliphatic rings. The molecular formula is C18H38S4. The van der Waals surface area contributed by atoms with Crippen LogP contribution in [0.1, 0.15) is 96.3 Å². The van der Waals surface area contributed by atoms with Gasteiger partial charge in [-0.15, -0.1) is 0 Å². The third-order valence-corrected chi connectivity index (χ3v) is 5.54. The smallest absolute Gasteiger partial charge is 0.0442 e. The molecule has 0 bridgehead atoms. The van der Waals surface area contributed by atoms with Crippen LogP contribution in [0.15, 0.2) is 0 Å². The molecule has 0 radical (unpaired) electrons. The second kappa shape index (κ2) is 18.7. The maximum Gasteiger partial charge on any atom is 0.0442 e. The largest absolute Gasteiger partial charge is 0.179 e. The summed E-state index contributed by atoms with van der Waals surface area (Å²) in [5.74, 6) is 1.05. The average molecular weight is 383 g/mol. The van der Waals surface area contributed by atoms with Crippen molar-refractivity contribution in [3.05, 3.63) is 0 Å². The highest BCUT2D eigenvalue weighted by Crippen LogP contribution is 2.18. The molecule has 0 rings (SSSR count). The van der Waals surface area contributed by atoms with Crippen molar-refractivity contribution in [2.24, 2.45) is 0 Å². The topological polar surface area (TPSA) is 0 Å². The van der Waals surface area contributed by atoms with Crippen molar-refractivity contribution < 1.29 is 0 Å². The summed E-state index contributed by atoms with van der Waals surface area (Å²) in [4.78, 5) is 0. The molecule has 22 heavy (non-hydrogen) atoms. The minimum Gasteiger partial charge on any atom is -0.179 e. The van der Waals surface area contributed by atoms with Crippen molar-refractivity contribution in [2.45, 2.75) is 106 Å². The first-order valence-electron chi connectivity index (χ1n) is 9.32. The summed E-state index contributed by atoms with van der Waals surface area (Å²) in [7, 11) is 0. The molecule has 0 N–H and O–H groups in total. The van der Waals surface area contributed by atoms with Crippen molar-refractivity contribution in [3.8, 4) is 0 Å². The maximum absolute atomic E-state index is 4.74. The molecule has 0 saturated heterocycles. The molecule has 1 atom stereocenters. The predicted molar refractivity (Wildman–Crippen MR) is 118 cm³/mol. The van der Waals surface area contributed by atoms with Crippen LogP contribution in [-0.2, 0) is 0 Å². The summed E-state index contributed by atoms with van der Waals surface area (Å²) in [6.45, 7) is 0. The fraction of sp³-hybridized carbons (Fsp3) is 1.00. The van der Waals surface area contributed by atoms with Gasteiger partial charge >= 0.3 is 0 Å². The van der Waals surface area contributed by atoms with E-state index in [4.69, 9.17) is 12.6 Å². The van der Waals surface area contributed by atoms with Gasteiger partial charge in [-0.3, -0.25) is 0 Å². The summed E-state index contributed by atoms with van der Waals surface area (Å²) >= 11 is 17.6. The minimum absolute atomic E-state index is 0.271. The number of thiol groups is 4. The van der Waals surface area contributed by atoms with Crippen LogP contribution in [0.2, 0.25) is 0 Å².